The summed E-state index contributed by atoms with van der Waals surface area (Å²) < 4.78 is 12.6. The number of nitrogens with zero attached hydrogens (tertiary/aromatic N) is 1. The van der Waals surface area contributed by atoms with Crippen LogP contribution in [0.1, 0.15) is 31.3 Å². The van der Waals surface area contributed by atoms with Crippen molar-refractivity contribution in [1.82, 2.24) is 4.57 Å². The van der Waals surface area contributed by atoms with Gasteiger partial charge in [-0.25, -0.2) is 4.79 Å². The van der Waals surface area contributed by atoms with Crippen LogP contribution in [-0.4, -0.2) is 29.2 Å². The molecule has 0 atom stereocenters. The summed E-state index contributed by atoms with van der Waals surface area (Å²) in [6, 6.07) is 7.31. The third-order valence-corrected chi connectivity index (χ3v) is 3.46. The van der Waals surface area contributed by atoms with Crippen LogP contribution < -0.4 is 0 Å². The molecule has 0 saturated heterocycles. The molecule has 0 aliphatic rings. The van der Waals surface area contributed by atoms with E-state index in [0.29, 0.717) is 5.69 Å². The zero-order chi connectivity index (χ0) is 16.5. The maximum absolute atomic E-state index is 12.1. The van der Waals surface area contributed by atoms with Crippen LogP contribution in [0.3, 0.4) is 0 Å². The van der Waals surface area contributed by atoms with Gasteiger partial charge in [0.25, 0.3) is 0 Å². The van der Waals surface area contributed by atoms with Gasteiger partial charge in [-0.15, -0.1) is 0 Å². The molecule has 118 valence electrons. The highest BCUT2D eigenvalue weighted by Crippen LogP contribution is 2.25. The maximum atomic E-state index is 12.1. The zero-order valence-corrected chi connectivity index (χ0v) is 14.6. The van der Waals surface area contributed by atoms with E-state index in [2.05, 4.69) is 15.9 Å². The van der Waals surface area contributed by atoms with E-state index in [4.69, 9.17) is 9.47 Å². The molecule has 0 fully saturated rings. The Bertz CT molecular complexity index is 728. The van der Waals surface area contributed by atoms with Gasteiger partial charge in [0.1, 0.15) is 17.8 Å². The van der Waals surface area contributed by atoms with E-state index in [0.717, 1.165) is 15.4 Å². The van der Waals surface area contributed by atoms with Crippen LogP contribution in [0.25, 0.3) is 10.9 Å². The second-order valence-electron chi connectivity index (χ2n) is 5.90. The summed E-state index contributed by atoms with van der Waals surface area (Å²) in [7, 11) is 1.31. The topological polar surface area (TPSA) is 57.5 Å². The number of esters is 2. The van der Waals surface area contributed by atoms with Gasteiger partial charge in [0.2, 0.25) is 0 Å². The maximum Gasteiger partial charge on any atom is 0.354 e. The molecule has 2 aromatic rings. The molecule has 1 heterocycles. The third kappa shape index (κ3) is 3.68. The van der Waals surface area contributed by atoms with Gasteiger partial charge in [-0.2, -0.15) is 0 Å². The normalized spacial score (nSPS) is 11.5. The van der Waals surface area contributed by atoms with Crippen LogP contribution in [0.2, 0.25) is 0 Å². The molecular formula is C16H18BrNO4. The fraction of sp³-hybridized carbons (Fsp3) is 0.375. The first-order valence-electron chi connectivity index (χ1n) is 6.80. The number of carbonyl (C=O) groups is 2. The van der Waals surface area contributed by atoms with Gasteiger partial charge in [0.05, 0.1) is 12.6 Å². The summed E-state index contributed by atoms with van der Waals surface area (Å²) in [5, 5.41) is 0.854. The van der Waals surface area contributed by atoms with E-state index in [9.17, 15) is 9.59 Å². The number of halogens is 1. The Morgan fingerprint density at radius 3 is 2.50 bits per heavy atom. The summed E-state index contributed by atoms with van der Waals surface area (Å²) >= 11 is 3.40. The lowest BCUT2D eigenvalue weighted by Crippen LogP contribution is -2.27. The van der Waals surface area contributed by atoms with E-state index < -0.39 is 17.5 Å². The van der Waals surface area contributed by atoms with Crippen LogP contribution in [-0.2, 0) is 20.8 Å². The Labute approximate surface area is 137 Å². The SMILES string of the molecule is COC(=O)c1cc2ccc(Br)cc2n1CC(=O)OC(C)(C)C. The number of hydrogen-bond donors (Lipinski definition) is 0. The highest BCUT2D eigenvalue weighted by atomic mass is 79.9. The first-order valence-corrected chi connectivity index (χ1v) is 7.59. The molecule has 1 aromatic carbocycles. The number of hydrogen-bond acceptors (Lipinski definition) is 4. The third-order valence-electron chi connectivity index (χ3n) is 2.97. The molecule has 0 bridgehead atoms. The molecule has 0 amide bonds. The minimum atomic E-state index is -0.577. The van der Waals surface area contributed by atoms with E-state index in [1.165, 1.54) is 7.11 Å². The van der Waals surface area contributed by atoms with Gasteiger partial charge >= 0.3 is 11.9 Å². The Balaban J connectivity index is 2.47. The molecule has 0 saturated carbocycles. The molecule has 0 aliphatic carbocycles. The van der Waals surface area contributed by atoms with Gasteiger partial charge in [-0.1, -0.05) is 22.0 Å². The molecule has 5 nitrogen and oxygen atoms in total. The average molecular weight is 368 g/mol. The monoisotopic (exact) mass is 367 g/mol. The van der Waals surface area contributed by atoms with Crippen molar-refractivity contribution in [2.24, 2.45) is 0 Å². The summed E-state index contributed by atoms with van der Waals surface area (Å²) in [6.07, 6.45) is 0. The molecule has 0 spiro atoms. The first kappa shape index (κ1) is 16.5. The summed E-state index contributed by atoms with van der Waals surface area (Å²) in [4.78, 5) is 24.1. The Hall–Kier alpha value is -1.82. The first-order chi connectivity index (χ1) is 10.2. The van der Waals surface area contributed by atoms with Crippen molar-refractivity contribution < 1.29 is 19.1 Å². The van der Waals surface area contributed by atoms with E-state index in [-0.39, 0.29) is 6.54 Å². The van der Waals surface area contributed by atoms with Crippen molar-refractivity contribution in [3.05, 3.63) is 34.4 Å². The van der Waals surface area contributed by atoms with Gasteiger partial charge in [-0.05, 0) is 39.0 Å². The number of fused-ring (bicyclic) bond motifs is 1. The number of aromatic nitrogens is 1. The van der Waals surface area contributed by atoms with Crippen molar-refractivity contribution in [3.8, 4) is 0 Å². The largest absolute Gasteiger partial charge is 0.464 e. The average Bonchev–Trinajstić information content (AvgIpc) is 2.74. The predicted molar refractivity (Wildman–Crippen MR) is 86.8 cm³/mol. The fourth-order valence-corrected chi connectivity index (χ4v) is 2.52. The second-order valence-corrected chi connectivity index (χ2v) is 6.81. The number of carbonyl (C=O) groups excluding carboxylic acids is 2. The minimum Gasteiger partial charge on any atom is -0.464 e. The van der Waals surface area contributed by atoms with Crippen molar-refractivity contribution in [1.29, 1.82) is 0 Å². The second kappa shape index (κ2) is 6.12. The predicted octanol–water partition coefficient (Wildman–Crippen LogP) is 3.53. The smallest absolute Gasteiger partial charge is 0.354 e. The van der Waals surface area contributed by atoms with Crippen LogP contribution >= 0.6 is 15.9 Å². The van der Waals surface area contributed by atoms with Crippen LogP contribution in [0.4, 0.5) is 0 Å². The Morgan fingerprint density at radius 1 is 1.23 bits per heavy atom. The number of methoxy groups -OCH3 is 1. The standard InChI is InChI=1S/C16H18BrNO4/c1-16(2,3)22-14(19)9-18-12-8-11(17)6-5-10(12)7-13(18)15(20)21-4/h5-8H,9H2,1-4H3. The highest BCUT2D eigenvalue weighted by molar-refractivity contribution is 9.10. The number of rotatable bonds is 3. The molecule has 0 aliphatic heterocycles. The molecule has 0 unspecified atom stereocenters. The highest BCUT2D eigenvalue weighted by Gasteiger charge is 2.21. The zero-order valence-electron chi connectivity index (χ0n) is 13.0. The van der Waals surface area contributed by atoms with E-state index in [1.807, 2.05) is 18.2 Å². The lowest BCUT2D eigenvalue weighted by atomic mass is 10.2. The van der Waals surface area contributed by atoms with E-state index >= 15 is 0 Å². The van der Waals surface area contributed by atoms with Gasteiger partial charge < -0.3 is 14.0 Å². The van der Waals surface area contributed by atoms with Gasteiger partial charge in [0, 0.05) is 9.86 Å². The van der Waals surface area contributed by atoms with Crippen molar-refractivity contribution in [2.75, 3.05) is 7.11 Å². The number of ether oxygens (including phenoxy) is 2. The van der Waals surface area contributed by atoms with Crippen LogP contribution in [0.15, 0.2) is 28.7 Å². The molecule has 0 radical (unpaired) electrons. The lowest BCUT2D eigenvalue weighted by molar-refractivity contribution is -0.155. The summed E-state index contributed by atoms with van der Waals surface area (Å²) in [6.45, 7) is 5.35. The van der Waals surface area contributed by atoms with Crippen molar-refractivity contribution in [2.45, 2.75) is 32.9 Å². The van der Waals surface area contributed by atoms with Crippen LogP contribution in [0, 0.1) is 0 Å². The lowest BCUT2D eigenvalue weighted by Gasteiger charge is -2.20. The summed E-state index contributed by atoms with van der Waals surface area (Å²) in [5.74, 6) is -0.897. The molecular weight excluding hydrogens is 350 g/mol. The molecule has 6 heteroatoms. The molecule has 22 heavy (non-hydrogen) atoms. The fourth-order valence-electron chi connectivity index (χ4n) is 2.17. The van der Waals surface area contributed by atoms with Crippen molar-refractivity contribution >= 4 is 38.8 Å². The van der Waals surface area contributed by atoms with Gasteiger partial charge in [0.15, 0.2) is 0 Å². The van der Waals surface area contributed by atoms with Crippen LogP contribution in [0.5, 0.6) is 0 Å². The van der Waals surface area contributed by atoms with Gasteiger partial charge in [-0.3, -0.25) is 4.79 Å². The molecule has 0 N–H and O–H groups in total. The Kier molecular flexibility index (Phi) is 4.60. The molecule has 1 aromatic heterocycles. The number of benzene rings is 1. The quantitative estimate of drug-likeness (QED) is 0.778. The Morgan fingerprint density at radius 2 is 1.91 bits per heavy atom. The van der Waals surface area contributed by atoms with E-state index in [1.54, 1.807) is 31.4 Å². The summed E-state index contributed by atoms with van der Waals surface area (Å²) in [5.41, 5.74) is 0.508. The van der Waals surface area contributed by atoms with Crippen molar-refractivity contribution in [3.63, 3.8) is 0 Å². The molecule has 2 rings (SSSR count). The minimum absolute atomic E-state index is 0.0539.